The van der Waals surface area contributed by atoms with Crippen LogP contribution >= 0.6 is 11.6 Å². The third-order valence-corrected chi connectivity index (χ3v) is 1.73. The predicted molar refractivity (Wildman–Crippen MR) is 49.2 cm³/mol. The highest BCUT2D eigenvalue weighted by Gasteiger charge is 2.05. The molecule has 2 heteroatoms. The summed E-state index contributed by atoms with van der Waals surface area (Å²) in [5, 5.41) is -0.458. The summed E-state index contributed by atoms with van der Waals surface area (Å²) in [7, 11) is 0. The molecule has 0 saturated heterocycles. The van der Waals surface area contributed by atoms with Crippen molar-refractivity contribution < 1.29 is 4.79 Å². The summed E-state index contributed by atoms with van der Waals surface area (Å²) in [6.07, 6.45) is 5.56. The second kappa shape index (κ2) is 3.94. The molecule has 0 heterocycles. The summed E-state index contributed by atoms with van der Waals surface area (Å²) in [6.45, 7) is 0. The number of carbonyl (C=O) groups is 1. The number of rotatable bonds is 2. The van der Waals surface area contributed by atoms with Gasteiger partial charge in [-0.25, -0.2) is 0 Å². The Labute approximate surface area is 76.4 Å². The van der Waals surface area contributed by atoms with Crippen molar-refractivity contribution in [2.75, 3.05) is 0 Å². The van der Waals surface area contributed by atoms with Crippen LogP contribution in [-0.2, 0) is 6.42 Å². The normalized spacial score (nSPS) is 9.00. The van der Waals surface area contributed by atoms with E-state index in [9.17, 15) is 4.79 Å². The van der Waals surface area contributed by atoms with Crippen molar-refractivity contribution in [1.29, 1.82) is 0 Å². The van der Waals surface area contributed by atoms with E-state index in [1.54, 1.807) is 18.2 Å². The van der Waals surface area contributed by atoms with Crippen LogP contribution in [0.5, 0.6) is 0 Å². The van der Waals surface area contributed by atoms with E-state index in [0.29, 0.717) is 12.0 Å². The molecule has 0 atom stereocenters. The number of halogens is 1. The lowest BCUT2D eigenvalue weighted by molar-refractivity contribution is 0.108. The zero-order valence-corrected chi connectivity index (χ0v) is 7.14. The van der Waals surface area contributed by atoms with Crippen LogP contribution < -0.4 is 0 Å². The predicted octanol–water partition coefficient (Wildman–Crippen LogP) is 2.24. The molecule has 0 saturated carbocycles. The molecule has 1 aromatic rings. The van der Waals surface area contributed by atoms with Crippen molar-refractivity contribution in [2.45, 2.75) is 6.42 Å². The summed E-state index contributed by atoms with van der Waals surface area (Å²) < 4.78 is 0. The lowest BCUT2D eigenvalue weighted by Gasteiger charge is -1.99. The van der Waals surface area contributed by atoms with Gasteiger partial charge >= 0.3 is 0 Å². The average molecular weight is 179 g/mol. The molecule has 0 N–H and O–H groups in total. The van der Waals surface area contributed by atoms with Crippen molar-refractivity contribution in [3.05, 3.63) is 35.4 Å². The van der Waals surface area contributed by atoms with E-state index in [0.717, 1.165) is 5.56 Å². The van der Waals surface area contributed by atoms with E-state index in [1.807, 2.05) is 6.07 Å². The standard InChI is InChI=1S/C10H7ClO/c1-2-5-8-6-3-4-7-9(8)10(11)12/h1,3-4,6-7H,5H2. The summed E-state index contributed by atoms with van der Waals surface area (Å²) in [6, 6.07) is 7.06. The fourth-order valence-electron chi connectivity index (χ4n) is 0.976. The Bertz CT molecular complexity index is 336. The molecule has 0 aliphatic heterocycles. The van der Waals surface area contributed by atoms with Gasteiger partial charge in [-0.3, -0.25) is 4.79 Å². The number of terminal acetylenes is 1. The molecule has 60 valence electrons. The zero-order chi connectivity index (χ0) is 8.97. The minimum atomic E-state index is -0.458. The summed E-state index contributed by atoms with van der Waals surface area (Å²) in [5.74, 6) is 2.47. The van der Waals surface area contributed by atoms with Gasteiger partial charge in [-0.2, -0.15) is 0 Å². The molecule has 12 heavy (non-hydrogen) atoms. The topological polar surface area (TPSA) is 17.1 Å². The van der Waals surface area contributed by atoms with Gasteiger partial charge in [0.2, 0.25) is 0 Å². The molecule has 0 fully saturated rings. The van der Waals surface area contributed by atoms with E-state index >= 15 is 0 Å². The molecule has 1 rings (SSSR count). The van der Waals surface area contributed by atoms with Gasteiger partial charge in [0.05, 0.1) is 0 Å². The molecule has 0 aliphatic carbocycles. The van der Waals surface area contributed by atoms with E-state index in [2.05, 4.69) is 5.92 Å². The van der Waals surface area contributed by atoms with Crippen LogP contribution in [0.2, 0.25) is 0 Å². The molecule has 0 unspecified atom stereocenters. The van der Waals surface area contributed by atoms with Gasteiger partial charge in [-0.15, -0.1) is 12.3 Å². The number of carbonyl (C=O) groups excluding carboxylic acids is 1. The van der Waals surface area contributed by atoms with Crippen LogP contribution in [-0.4, -0.2) is 5.24 Å². The van der Waals surface area contributed by atoms with Gasteiger partial charge in [0.1, 0.15) is 0 Å². The number of hydrogen-bond donors (Lipinski definition) is 0. The molecule has 0 aromatic heterocycles. The minimum absolute atomic E-state index is 0.439. The zero-order valence-electron chi connectivity index (χ0n) is 6.38. The fraction of sp³-hybridized carbons (Fsp3) is 0.100. The summed E-state index contributed by atoms with van der Waals surface area (Å²) in [5.41, 5.74) is 1.30. The first-order valence-corrected chi connectivity index (χ1v) is 3.84. The van der Waals surface area contributed by atoms with Gasteiger partial charge in [-0.05, 0) is 23.2 Å². The maximum absolute atomic E-state index is 10.8. The van der Waals surface area contributed by atoms with Crippen molar-refractivity contribution in [2.24, 2.45) is 0 Å². The van der Waals surface area contributed by atoms with E-state index in [4.69, 9.17) is 18.0 Å². The lowest BCUT2D eigenvalue weighted by atomic mass is 10.1. The van der Waals surface area contributed by atoms with Crippen LogP contribution in [0.4, 0.5) is 0 Å². The van der Waals surface area contributed by atoms with Gasteiger partial charge < -0.3 is 0 Å². The Morgan fingerprint density at radius 1 is 1.50 bits per heavy atom. The summed E-state index contributed by atoms with van der Waals surface area (Å²) in [4.78, 5) is 10.8. The highest BCUT2D eigenvalue weighted by Crippen LogP contribution is 2.11. The monoisotopic (exact) mass is 178 g/mol. The first-order valence-electron chi connectivity index (χ1n) is 3.47. The lowest BCUT2D eigenvalue weighted by Crippen LogP contribution is -1.95. The molecule has 1 aromatic carbocycles. The van der Waals surface area contributed by atoms with E-state index in [1.165, 1.54) is 0 Å². The molecule has 1 nitrogen and oxygen atoms in total. The molecular formula is C10H7ClO. The van der Waals surface area contributed by atoms with Gasteiger partial charge in [0.15, 0.2) is 0 Å². The van der Waals surface area contributed by atoms with Gasteiger partial charge in [0, 0.05) is 12.0 Å². The third-order valence-electron chi connectivity index (χ3n) is 1.52. The molecule has 0 spiro atoms. The molecular weight excluding hydrogens is 172 g/mol. The second-order valence-electron chi connectivity index (χ2n) is 2.31. The van der Waals surface area contributed by atoms with E-state index < -0.39 is 5.24 Å². The van der Waals surface area contributed by atoms with Gasteiger partial charge in [0.25, 0.3) is 5.24 Å². The number of hydrogen-bond acceptors (Lipinski definition) is 1. The van der Waals surface area contributed by atoms with Crippen LogP contribution in [0.3, 0.4) is 0 Å². The summed E-state index contributed by atoms with van der Waals surface area (Å²) >= 11 is 5.34. The van der Waals surface area contributed by atoms with Crippen molar-refractivity contribution >= 4 is 16.8 Å². The second-order valence-corrected chi connectivity index (χ2v) is 2.66. The van der Waals surface area contributed by atoms with E-state index in [-0.39, 0.29) is 0 Å². The van der Waals surface area contributed by atoms with Gasteiger partial charge in [-0.1, -0.05) is 18.2 Å². The van der Waals surface area contributed by atoms with Crippen LogP contribution in [0.25, 0.3) is 0 Å². The molecule has 0 amide bonds. The Hall–Kier alpha value is -1.26. The van der Waals surface area contributed by atoms with Crippen LogP contribution in [0.15, 0.2) is 24.3 Å². The first kappa shape index (κ1) is 8.83. The Balaban J connectivity index is 3.10. The largest absolute Gasteiger partial charge is 0.276 e. The Kier molecular flexibility index (Phi) is 2.90. The van der Waals surface area contributed by atoms with Crippen molar-refractivity contribution in [1.82, 2.24) is 0 Å². The molecule has 0 bridgehead atoms. The number of benzene rings is 1. The maximum atomic E-state index is 10.8. The maximum Gasteiger partial charge on any atom is 0.252 e. The average Bonchev–Trinajstić information content (AvgIpc) is 2.05. The smallest absolute Gasteiger partial charge is 0.252 e. The first-order chi connectivity index (χ1) is 5.75. The third kappa shape index (κ3) is 1.87. The fourth-order valence-corrected chi connectivity index (χ4v) is 1.16. The molecule has 0 radical (unpaired) electrons. The van der Waals surface area contributed by atoms with Crippen molar-refractivity contribution in [3.63, 3.8) is 0 Å². The highest BCUT2D eigenvalue weighted by molar-refractivity contribution is 6.67. The van der Waals surface area contributed by atoms with Crippen molar-refractivity contribution in [3.8, 4) is 12.3 Å². The minimum Gasteiger partial charge on any atom is -0.276 e. The van der Waals surface area contributed by atoms with Crippen LogP contribution in [0, 0.1) is 12.3 Å². The highest BCUT2D eigenvalue weighted by atomic mass is 35.5. The Morgan fingerprint density at radius 2 is 2.17 bits per heavy atom. The Morgan fingerprint density at radius 3 is 2.75 bits per heavy atom. The van der Waals surface area contributed by atoms with Crippen LogP contribution in [0.1, 0.15) is 15.9 Å². The SMILES string of the molecule is C#CCc1ccccc1C(=O)Cl. The molecule has 0 aliphatic rings. The quantitative estimate of drug-likeness (QED) is 0.502.